The predicted molar refractivity (Wildman–Crippen MR) is 116 cm³/mol. The second-order valence-electron chi connectivity index (χ2n) is 7.58. The number of aryl methyl sites for hydroxylation is 1. The van der Waals surface area contributed by atoms with Gasteiger partial charge in [-0.1, -0.05) is 42.0 Å². The highest BCUT2D eigenvalue weighted by molar-refractivity contribution is 5.99. The highest BCUT2D eigenvalue weighted by atomic mass is 16.6. The minimum absolute atomic E-state index is 0.00288. The van der Waals surface area contributed by atoms with Crippen LogP contribution in [0.5, 0.6) is 0 Å². The van der Waals surface area contributed by atoms with Gasteiger partial charge in [-0.15, -0.1) is 0 Å². The van der Waals surface area contributed by atoms with Crippen molar-refractivity contribution < 1.29 is 9.72 Å². The molecule has 0 atom stereocenters. The number of nitrogens with zero attached hydrogens (tertiary/aromatic N) is 4. The van der Waals surface area contributed by atoms with Crippen LogP contribution in [0, 0.1) is 17.0 Å². The Labute approximate surface area is 176 Å². The van der Waals surface area contributed by atoms with Gasteiger partial charge in [-0.3, -0.25) is 24.7 Å². The summed E-state index contributed by atoms with van der Waals surface area (Å²) in [5.74, 6) is -0.188. The van der Waals surface area contributed by atoms with Crippen LogP contribution >= 0.6 is 0 Å². The van der Waals surface area contributed by atoms with Crippen LogP contribution in [-0.2, 0) is 11.3 Å². The van der Waals surface area contributed by atoms with Crippen molar-refractivity contribution in [2.75, 3.05) is 32.7 Å². The number of amides is 1. The Hall–Kier alpha value is -3.10. The van der Waals surface area contributed by atoms with Gasteiger partial charge in [-0.25, -0.2) is 5.43 Å². The fourth-order valence-electron chi connectivity index (χ4n) is 3.35. The number of hydrogen-bond donors (Lipinski definition) is 1. The highest BCUT2D eigenvalue weighted by Gasteiger charge is 2.19. The molecule has 0 aromatic heterocycles. The number of carbonyl (C=O) groups is 1. The van der Waals surface area contributed by atoms with Gasteiger partial charge in [0.05, 0.1) is 17.2 Å². The van der Waals surface area contributed by atoms with Gasteiger partial charge in [-0.2, -0.15) is 5.10 Å². The zero-order chi connectivity index (χ0) is 21.5. The monoisotopic (exact) mass is 409 g/mol. The van der Waals surface area contributed by atoms with Gasteiger partial charge in [0.1, 0.15) is 0 Å². The van der Waals surface area contributed by atoms with E-state index in [9.17, 15) is 14.9 Å². The Morgan fingerprint density at radius 1 is 1.10 bits per heavy atom. The molecule has 1 heterocycles. The molecule has 8 heteroatoms. The number of nitrogens with one attached hydrogen (secondary N) is 1. The van der Waals surface area contributed by atoms with Crippen molar-refractivity contribution in [3.63, 3.8) is 0 Å². The number of piperazine rings is 1. The van der Waals surface area contributed by atoms with Crippen molar-refractivity contribution in [1.29, 1.82) is 0 Å². The van der Waals surface area contributed by atoms with Crippen LogP contribution in [0.2, 0.25) is 0 Å². The third-order valence-corrected chi connectivity index (χ3v) is 5.18. The number of hydrazone groups is 1. The van der Waals surface area contributed by atoms with Gasteiger partial charge < -0.3 is 0 Å². The summed E-state index contributed by atoms with van der Waals surface area (Å²) in [5, 5.41) is 15.0. The molecule has 1 N–H and O–H groups in total. The highest BCUT2D eigenvalue weighted by Crippen LogP contribution is 2.14. The lowest BCUT2D eigenvalue weighted by Gasteiger charge is -2.34. The third kappa shape index (κ3) is 6.20. The van der Waals surface area contributed by atoms with Crippen LogP contribution in [0.1, 0.15) is 23.6 Å². The molecular weight excluding hydrogens is 382 g/mol. The lowest BCUT2D eigenvalue weighted by molar-refractivity contribution is -0.384. The van der Waals surface area contributed by atoms with E-state index in [1.807, 2.05) is 0 Å². The fourth-order valence-corrected chi connectivity index (χ4v) is 3.35. The van der Waals surface area contributed by atoms with E-state index in [0.29, 0.717) is 11.3 Å². The summed E-state index contributed by atoms with van der Waals surface area (Å²) in [6.45, 7) is 8.48. The molecule has 30 heavy (non-hydrogen) atoms. The van der Waals surface area contributed by atoms with E-state index in [1.165, 1.54) is 23.3 Å². The zero-order valence-electron chi connectivity index (χ0n) is 17.4. The number of non-ortho nitro benzene ring substituents is 1. The summed E-state index contributed by atoms with van der Waals surface area (Å²) < 4.78 is 0. The van der Waals surface area contributed by atoms with E-state index < -0.39 is 4.92 Å². The average Bonchev–Trinajstić information content (AvgIpc) is 2.75. The van der Waals surface area contributed by atoms with E-state index in [4.69, 9.17) is 0 Å². The minimum Gasteiger partial charge on any atom is -0.297 e. The molecule has 1 aliphatic heterocycles. The number of carbonyl (C=O) groups excluding carboxylic acids is 1. The molecule has 158 valence electrons. The van der Waals surface area contributed by atoms with E-state index in [-0.39, 0.29) is 18.1 Å². The summed E-state index contributed by atoms with van der Waals surface area (Å²) in [5.41, 5.74) is 6.25. The molecule has 0 aliphatic carbocycles. The standard InChI is InChI=1S/C22H27N5O3/c1-17-6-8-19(9-7-17)15-25-10-12-26(13-11-25)16-22(28)24-23-18(2)20-4-3-5-21(14-20)27(29)30/h3-9,14H,10-13,15-16H2,1-2H3,(H,24,28). The quantitative estimate of drug-likeness (QED) is 0.431. The molecule has 8 nitrogen and oxygen atoms in total. The van der Waals surface area contributed by atoms with Gasteiger partial charge in [0.15, 0.2) is 0 Å². The maximum absolute atomic E-state index is 12.2. The zero-order valence-corrected chi connectivity index (χ0v) is 17.4. The Morgan fingerprint density at radius 2 is 1.77 bits per heavy atom. The van der Waals surface area contributed by atoms with Crippen molar-refractivity contribution >= 4 is 17.3 Å². The molecule has 3 rings (SSSR count). The summed E-state index contributed by atoms with van der Waals surface area (Å²) in [7, 11) is 0. The molecule has 0 saturated carbocycles. The normalized spacial score (nSPS) is 15.7. The van der Waals surface area contributed by atoms with Crippen molar-refractivity contribution in [3.8, 4) is 0 Å². The molecular formula is C22H27N5O3. The SMILES string of the molecule is CC(=NNC(=O)CN1CCN(Cc2ccc(C)cc2)CC1)c1cccc([N+](=O)[O-])c1. The van der Waals surface area contributed by atoms with Gasteiger partial charge >= 0.3 is 0 Å². The van der Waals surface area contributed by atoms with Gasteiger partial charge in [0, 0.05) is 50.4 Å². The Kier molecular flexibility index (Phi) is 7.26. The Bertz CT molecular complexity index is 919. The van der Waals surface area contributed by atoms with Crippen molar-refractivity contribution in [2.45, 2.75) is 20.4 Å². The van der Waals surface area contributed by atoms with E-state index >= 15 is 0 Å². The summed E-state index contributed by atoms with van der Waals surface area (Å²) in [6, 6.07) is 14.8. The molecule has 0 unspecified atom stereocenters. The van der Waals surface area contributed by atoms with Crippen LogP contribution in [0.3, 0.4) is 0 Å². The first-order valence-electron chi connectivity index (χ1n) is 9.99. The largest absolute Gasteiger partial charge is 0.297 e. The molecule has 0 bridgehead atoms. The van der Waals surface area contributed by atoms with E-state index in [1.54, 1.807) is 19.1 Å². The fraction of sp³-hybridized carbons (Fsp3) is 0.364. The molecule has 2 aromatic rings. The maximum atomic E-state index is 12.2. The molecule has 1 fully saturated rings. The number of nitro benzene ring substituents is 1. The minimum atomic E-state index is -0.451. The second-order valence-corrected chi connectivity index (χ2v) is 7.58. The topological polar surface area (TPSA) is 91.1 Å². The summed E-state index contributed by atoms with van der Waals surface area (Å²) >= 11 is 0. The van der Waals surface area contributed by atoms with Crippen LogP contribution < -0.4 is 5.43 Å². The first-order chi connectivity index (χ1) is 14.4. The van der Waals surface area contributed by atoms with Crippen LogP contribution in [-0.4, -0.2) is 59.1 Å². The average molecular weight is 409 g/mol. The van der Waals surface area contributed by atoms with Crippen molar-refractivity contribution in [1.82, 2.24) is 15.2 Å². The molecule has 1 saturated heterocycles. The number of benzene rings is 2. The second kappa shape index (κ2) is 10.1. The summed E-state index contributed by atoms with van der Waals surface area (Å²) in [4.78, 5) is 27.2. The summed E-state index contributed by atoms with van der Waals surface area (Å²) in [6.07, 6.45) is 0. The van der Waals surface area contributed by atoms with Crippen molar-refractivity contribution in [3.05, 3.63) is 75.3 Å². The third-order valence-electron chi connectivity index (χ3n) is 5.18. The van der Waals surface area contributed by atoms with E-state index in [2.05, 4.69) is 51.5 Å². The van der Waals surface area contributed by atoms with Crippen molar-refractivity contribution in [2.24, 2.45) is 5.10 Å². The molecule has 1 amide bonds. The van der Waals surface area contributed by atoms with E-state index in [0.717, 1.165) is 32.7 Å². The van der Waals surface area contributed by atoms with Crippen LogP contribution in [0.4, 0.5) is 5.69 Å². The van der Waals surface area contributed by atoms with Crippen LogP contribution in [0.15, 0.2) is 53.6 Å². The predicted octanol–water partition coefficient (Wildman–Crippen LogP) is 2.56. The Morgan fingerprint density at radius 3 is 2.43 bits per heavy atom. The first kappa shape index (κ1) is 21.6. The molecule has 0 spiro atoms. The first-order valence-corrected chi connectivity index (χ1v) is 9.99. The smallest absolute Gasteiger partial charge is 0.270 e. The van der Waals surface area contributed by atoms with Gasteiger partial charge in [-0.05, 0) is 19.4 Å². The number of rotatable bonds is 7. The maximum Gasteiger partial charge on any atom is 0.270 e. The lowest BCUT2D eigenvalue weighted by atomic mass is 10.1. The number of nitro groups is 1. The molecule has 1 aliphatic rings. The van der Waals surface area contributed by atoms with Gasteiger partial charge in [0.2, 0.25) is 0 Å². The molecule has 0 radical (unpaired) electrons. The Balaban J connectivity index is 1.44. The van der Waals surface area contributed by atoms with Gasteiger partial charge in [0.25, 0.3) is 11.6 Å². The molecule has 2 aromatic carbocycles. The number of hydrogen-bond acceptors (Lipinski definition) is 6. The van der Waals surface area contributed by atoms with Crippen LogP contribution in [0.25, 0.3) is 0 Å². The lowest BCUT2D eigenvalue weighted by Crippen LogP contribution is -2.48.